The number of nitrogens with one attached hydrogen (secondary N) is 1. The second-order valence-electron chi connectivity index (χ2n) is 6.81. The number of carbonyl (C=O) groups excluding carboxylic acids is 1. The number of anilines is 1. The number of thioether (sulfide) groups is 1. The number of carbonyl (C=O) groups is 1. The number of methoxy groups -OCH3 is 1. The van der Waals surface area contributed by atoms with Gasteiger partial charge in [-0.2, -0.15) is 0 Å². The second kappa shape index (κ2) is 8.08. The average molecular weight is 407 g/mol. The van der Waals surface area contributed by atoms with Gasteiger partial charge in [-0.25, -0.2) is 4.98 Å². The van der Waals surface area contributed by atoms with E-state index in [-0.39, 0.29) is 17.6 Å². The number of nitrogens with zero attached hydrogens (tertiary/aromatic N) is 4. The van der Waals surface area contributed by atoms with Gasteiger partial charge < -0.3 is 10.1 Å². The van der Waals surface area contributed by atoms with Crippen molar-refractivity contribution in [2.24, 2.45) is 0 Å². The molecule has 1 N–H and O–H groups in total. The van der Waals surface area contributed by atoms with Crippen LogP contribution in [0.4, 0.5) is 5.69 Å². The van der Waals surface area contributed by atoms with E-state index in [2.05, 4.69) is 29.4 Å². The van der Waals surface area contributed by atoms with E-state index in [1.807, 2.05) is 40.8 Å². The maximum absolute atomic E-state index is 12.5. The van der Waals surface area contributed by atoms with Gasteiger partial charge in [0.15, 0.2) is 5.65 Å². The predicted octanol–water partition coefficient (Wildman–Crippen LogP) is 4.14. The minimum absolute atomic E-state index is 0.142. The zero-order chi connectivity index (χ0) is 20.4. The molecule has 1 amide bonds. The maximum Gasteiger partial charge on any atom is 0.234 e. The summed E-state index contributed by atoms with van der Waals surface area (Å²) in [6, 6.07) is 15.2. The SMILES string of the molecule is COc1ccccc1NC(=O)CSc1nc2ccccc2n2c(C(C)C)nnc12. The highest BCUT2D eigenvalue weighted by Crippen LogP contribution is 2.28. The quantitative estimate of drug-likeness (QED) is 0.484. The summed E-state index contributed by atoms with van der Waals surface area (Å²) in [5, 5.41) is 12.3. The summed E-state index contributed by atoms with van der Waals surface area (Å²) in [4.78, 5) is 17.2. The van der Waals surface area contributed by atoms with E-state index < -0.39 is 0 Å². The van der Waals surface area contributed by atoms with Crippen LogP contribution in [0.1, 0.15) is 25.6 Å². The molecule has 4 rings (SSSR count). The number of fused-ring (bicyclic) bond motifs is 3. The number of aromatic nitrogens is 4. The highest BCUT2D eigenvalue weighted by molar-refractivity contribution is 8.00. The summed E-state index contributed by atoms with van der Waals surface area (Å²) in [5.74, 6) is 1.76. The third-order valence-electron chi connectivity index (χ3n) is 4.46. The van der Waals surface area contributed by atoms with E-state index in [4.69, 9.17) is 9.72 Å². The Morgan fingerprint density at radius 1 is 1.14 bits per heavy atom. The first kappa shape index (κ1) is 19.2. The standard InChI is InChI=1S/C21H21N5O2S/c1-13(2)19-24-25-20-21(23-14-8-4-6-10-16(14)26(19)20)29-12-18(27)22-15-9-5-7-11-17(15)28-3/h4-11,13H,12H2,1-3H3,(H,22,27). The Hall–Kier alpha value is -3.13. The van der Waals surface area contributed by atoms with Crippen LogP contribution in [0.5, 0.6) is 5.75 Å². The molecule has 29 heavy (non-hydrogen) atoms. The Morgan fingerprint density at radius 3 is 2.69 bits per heavy atom. The molecule has 0 bridgehead atoms. The van der Waals surface area contributed by atoms with Gasteiger partial charge in [-0.05, 0) is 24.3 Å². The number of rotatable bonds is 6. The fourth-order valence-electron chi connectivity index (χ4n) is 3.12. The largest absolute Gasteiger partial charge is 0.495 e. The van der Waals surface area contributed by atoms with E-state index in [1.165, 1.54) is 11.8 Å². The van der Waals surface area contributed by atoms with Crippen molar-refractivity contribution in [2.75, 3.05) is 18.2 Å². The Kier molecular flexibility index (Phi) is 5.35. The third kappa shape index (κ3) is 3.75. The third-order valence-corrected chi connectivity index (χ3v) is 5.42. The van der Waals surface area contributed by atoms with Gasteiger partial charge in [0.25, 0.3) is 0 Å². The van der Waals surface area contributed by atoms with Crippen LogP contribution in [-0.4, -0.2) is 38.4 Å². The average Bonchev–Trinajstić information content (AvgIpc) is 3.18. The Morgan fingerprint density at radius 2 is 1.90 bits per heavy atom. The molecular weight excluding hydrogens is 386 g/mol. The minimum atomic E-state index is -0.142. The van der Waals surface area contributed by atoms with Crippen LogP contribution in [0.3, 0.4) is 0 Å². The van der Waals surface area contributed by atoms with Crippen LogP contribution in [0.25, 0.3) is 16.7 Å². The lowest BCUT2D eigenvalue weighted by atomic mass is 10.2. The summed E-state index contributed by atoms with van der Waals surface area (Å²) >= 11 is 1.34. The van der Waals surface area contributed by atoms with Crippen molar-refractivity contribution in [2.45, 2.75) is 24.8 Å². The van der Waals surface area contributed by atoms with Crippen molar-refractivity contribution in [3.8, 4) is 5.75 Å². The van der Waals surface area contributed by atoms with Crippen LogP contribution < -0.4 is 10.1 Å². The Balaban J connectivity index is 1.63. The van der Waals surface area contributed by atoms with Crippen molar-refractivity contribution in [3.05, 3.63) is 54.4 Å². The zero-order valence-electron chi connectivity index (χ0n) is 16.4. The van der Waals surface area contributed by atoms with E-state index in [1.54, 1.807) is 19.2 Å². The summed E-state index contributed by atoms with van der Waals surface area (Å²) in [5.41, 5.74) is 3.11. The molecule has 0 spiro atoms. The Bertz CT molecular complexity index is 1190. The molecule has 148 valence electrons. The molecule has 0 aliphatic carbocycles. The molecule has 0 saturated carbocycles. The molecule has 8 heteroatoms. The molecule has 0 aliphatic heterocycles. The number of hydrogen-bond acceptors (Lipinski definition) is 6. The van der Waals surface area contributed by atoms with Crippen LogP contribution in [-0.2, 0) is 4.79 Å². The fraction of sp³-hybridized carbons (Fsp3) is 0.238. The molecule has 2 heterocycles. The molecule has 0 saturated heterocycles. The van der Waals surface area contributed by atoms with Crippen LogP contribution >= 0.6 is 11.8 Å². The predicted molar refractivity (Wildman–Crippen MR) is 115 cm³/mol. The molecule has 0 radical (unpaired) electrons. The summed E-state index contributed by atoms with van der Waals surface area (Å²) in [7, 11) is 1.58. The number of hydrogen-bond donors (Lipinski definition) is 1. The van der Waals surface area contributed by atoms with Crippen molar-refractivity contribution in [3.63, 3.8) is 0 Å². The topological polar surface area (TPSA) is 81.4 Å². The van der Waals surface area contributed by atoms with E-state index >= 15 is 0 Å². The second-order valence-corrected chi connectivity index (χ2v) is 7.78. The van der Waals surface area contributed by atoms with Gasteiger partial charge in [-0.15, -0.1) is 10.2 Å². The van der Waals surface area contributed by atoms with Gasteiger partial charge in [-0.3, -0.25) is 9.20 Å². The van der Waals surface area contributed by atoms with Crippen LogP contribution in [0, 0.1) is 0 Å². The minimum Gasteiger partial charge on any atom is -0.495 e. The monoisotopic (exact) mass is 407 g/mol. The summed E-state index contributed by atoms with van der Waals surface area (Å²) < 4.78 is 7.32. The van der Waals surface area contributed by atoms with Crippen LogP contribution in [0.15, 0.2) is 53.6 Å². The Labute approximate surface area is 172 Å². The lowest BCUT2D eigenvalue weighted by molar-refractivity contribution is -0.113. The first-order valence-corrected chi connectivity index (χ1v) is 10.3. The molecule has 7 nitrogen and oxygen atoms in total. The fourth-order valence-corrected chi connectivity index (χ4v) is 3.88. The van der Waals surface area contributed by atoms with Gasteiger partial charge >= 0.3 is 0 Å². The van der Waals surface area contributed by atoms with E-state index in [0.29, 0.717) is 22.1 Å². The van der Waals surface area contributed by atoms with Crippen molar-refractivity contribution in [1.82, 2.24) is 19.6 Å². The first-order chi connectivity index (χ1) is 14.1. The molecule has 0 atom stereocenters. The van der Waals surface area contributed by atoms with Gasteiger partial charge in [0.05, 0.1) is 29.6 Å². The van der Waals surface area contributed by atoms with E-state index in [0.717, 1.165) is 16.9 Å². The van der Waals surface area contributed by atoms with Gasteiger partial charge in [0, 0.05) is 5.92 Å². The number of benzene rings is 2. The molecule has 0 unspecified atom stereocenters. The van der Waals surface area contributed by atoms with E-state index in [9.17, 15) is 4.79 Å². The van der Waals surface area contributed by atoms with Crippen molar-refractivity contribution in [1.29, 1.82) is 0 Å². The maximum atomic E-state index is 12.5. The van der Waals surface area contributed by atoms with Gasteiger partial charge in [0.1, 0.15) is 16.6 Å². The van der Waals surface area contributed by atoms with Gasteiger partial charge in [-0.1, -0.05) is 49.9 Å². The molecular formula is C21H21N5O2S. The van der Waals surface area contributed by atoms with Crippen molar-refractivity contribution >= 4 is 40.0 Å². The highest BCUT2D eigenvalue weighted by atomic mass is 32.2. The number of amides is 1. The normalized spacial score (nSPS) is 11.3. The highest BCUT2D eigenvalue weighted by Gasteiger charge is 2.18. The lowest BCUT2D eigenvalue weighted by Gasteiger charge is -2.11. The zero-order valence-corrected chi connectivity index (χ0v) is 17.2. The molecule has 2 aromatic heterocycles. The molecule has 4 aromatic rings. The summed E-state index contributed by atoms with van der Waals surface area (Å²) in [6.07, 6.45) is 0. The number of ether oxygens (including phenoxy) is 1. The van der Waals surface area contributed by atoms with Crippen LogP contribution in [0.2, 0.25) is 0 Å². The molecule has 0 aliphatic rings. The lowest BCUT2D eigenvalue weighted by Crippen LogP contribution is -2.15. The smallest absolute Gasteiger partial charge is 0.234 e. The molecule has 2 aromatic carbocycles. The molecule has 0 fully saturated rings. The van der Waals surface area contributed by atoms with Gasteiger partial charge in [0.2, 0.25) is 5.91 Å². The number of para-hydroxylation sites is 4. The first-order valence-electron chi connectivity index (χ1n) is 9.28. The summed E-state index contributed by atoms with van der Waals surface area (Å²) in [6.45, 7) is 4.17. The van der Waals surface area contributed by atoms with Crippen molar-refractivity contribution < 1.29 is 9.53 Å².